The van der Waals surface area contributed by atoms with Crippen LogP contribution in [0.1, 0.15) is 28.8 Å². The van der Waals surface area contributed by atoms with Gasteiger partial charge in [0.1, 0.15) is 5.75 Å². The van der Waals surface area contributed by atoms with E-state index in [1.807, 2.05) is 65.5 Å². The zero-order chi connectivity index (χ0) is 20.9. The van der Waals surface area contributed by atoms with Gasteiger partial charge in [0.25, 0.3) is 5.91 Å². The number of aromatic nitrogens is 1. The summed E-state index contributed by atoms with van der Waals surface area (Å²) in [5.74, 6) is 0.105. The maximum absolute atomic E-state index is 12.7. The van der Waals surface area contributed by atoms with E-state index >= 15 is 0 Å². The molecule has 0 bridgehead atoms. The van der Waals surface area contributed by atoms with E-state index in [1.165, 1.54) is 0 Å². The highest BCUT2D eigenvalue weighted by Gasteiger charge is 2.33. The van der Waals surface area contributed by atoms with E-state index in [1.54, 1.807) is 24.1 Å². The van der Waals surface area contributed by atoms with Gasteiger partial charge in [0.2, 0.25) is 0 Å². The first-order valence-corrected chi connectivity index (χ1v) is 9.97. The van der Waals surface area contributed by atoms with E-state index in [9.17, 15) is 9.59 Å². The summed E-state index contributed by atoms with van der Waals surface area (Å²) >= 11 is 0. The van der Waals surface area contributed by atoms with E-state index in [0.29, 0.717) is 12.1 Å². The highest BCUT2D eigenvalue weighted by atomic mass is 16.5. The molecular weight excluding hydrogens is 380 g/mol. The smallest absolute Gasteiger partial charge is 0.338 e. The first-order chi connectivity index (χ1) is 14.6. The van der Waals surface area contributed by atoms with Crippen LogP contribution in [0.25, 0.3) is 5.69 Å². The van der Waals surface area contributed by atoms with Crippen LogP contribution in [0.15, 0.2) is 73.1 Å². The Morgan fingerprint density at radius 2 is 1.67 bits per heavy atom. The number of carbonyl (C=O) groups is 2. The lowest BCUT2D eigenvalue weighted by molar-refractivity contribution is -0.135. The third kappa shape index (κ3) is 4.71. The Bertz CT molecular complexity index is 991. The van der Waals surface area contributed by atoms with Crippen molar-refractivity contribution < 1.29 is 19.1 Å². The zero-order valence-corrected chi connectivity index (χ0v) is 16.9. The lowest BCUT2D eigenvalue weighted by Gasteiger charge is -2.22. The maximum atomic E-state index is 12.7. The van der Waals surface area contributed by atoms with Crippen molar-refractivity contribution in [1.29, 1.82) is 0 Å². The van der Waals surface area contributed by atoms with Crippen LogP contribution in [0.3, 0.4) is 0 Å². The van der Waals surface area contributed by atoms with Crippen LogP contribution in [0.4, 0.5) is 0 Å². The van der Waals surface area contributed by atoms with E-state index in [-0.39, 0.29) is 18.6 Å². The summed E-state index contributed by atoms with van der Waals surface area (Å²) in [6, 6.07) is 18.8. The molecule has 1 heterocycles. The minimum atomic E-state index is -0.498. The Kier molecular flexibility index (Phi) is 5.84. The van der Waals surface area contributed by atoms with Gasteiger partial charge < -0.3 is 18.9 Å². The van der Waals surface area contributed by atoms with Crippen LogP contribution in [-0.2, 0) is 16.1 Å². The molecule has 2 aromatic carbocycles. The molecule has 1 aliphatic rings. The van der Waals surface area contributed by atoms with Crippen molar-refractivity contribution in [3.63, 3.8) is 0 Å². The molecule has 1 aromatic heterocycles. The second kappa shape index (κ2) is 8.86. The van der Waals surface area contributed by atoms with Crippen molar-refractivity contribution >= 4 is 11.9 Å². The van der Waals surface area contributed by atoms with Crippen molar-refractivity contribution in [1.82, 2.24) is 9.47 Å². The summed E-state index contributed by atoms with van der Waals surface area (Å²) in [6.07, 6.45) is 5.83. The molecular formula is C24H24N2O4. The Labute approximate surface area is 175 Å². The van der Waals surface area contributed by atoms with Gasteiger partial charge in [0.05, 0.1) is 12.7 Å². The van der Waals surface area contributed by atoms with E-state index < -0.39 is 5.97 Å². The molecule has 154 valence electrons. The molecule has 0 unspecified atom stereocenters. The molecule has 6 nitrogen and oxygen atoms in total. The number of ether oxygens (including phenoxy) is 2. The molecule has 1 saturated carbocycles. The summed E-state index contributed by atoms with van der Waals surface area (Å²) in [5.41, 5.74) is 2.39. The normalized spacial score (nSPS) is 13.0. The Hall–Kier alpha value is -3.54. The fraction of sp³-hybridized carbons (Fsp3) is 0.250. The van der Waals surface area contributed by atoms with Crippen molar-refractivity contribution in [2.75, 3.05) is 13.7 Å². The van der Waals surface area contributed by atoms with Crippen LogP contribution < -0.4 is 4.74 Å². The summed E-state index contributed by atoms with van der Waals surface area (Å²) in [7, 11) is 1.62. The molecule has 1 fully saturated rings. The largest absolute Gasteiger partial charge is 0.497 e. The average molecular weight is 404 g/mol. The van der Waals surface area contributed by atoms with Gasteiger partial charge in [-0.15, -0.1) is 0 Å². The lowest BCUT2D eigenvalue weighted by atomic mass is 10.2. The standard InChI is InChI=1S/C24H24N2O4/c1-29-22-12-4-18(5-13-22)16-26(21-10-11-21)23(27)17-30-24(28)19-6-8-20(9-7-19)25-14-2-3-15-25/h2-9,12-15,21H,10-11,16-17H2,1H3. The van der Waals surface area contributed by atoms with Crippen molar-refractivity contribution in [2.24, 2.45) is 0 Å². The van der Waals surface area contributed by atoms with E-state index in [2.05, 4.69) is 0 Å². The molecule has 4 rings (SSSR count). The van der Waals surface area contributed by atoms with Crippen LogP contribution in [0.5, 0.6) is 5.75 Å². The maximum Gasteiger partial charge on any atom is 0.338 e. The van der Waals surface area contributed by atoms with Gasteiger partial charge in [-0.25, -0.2) is 4.79 Å². The summed E-state index contributed by atoms with van der Waals surface area (Å²) < 4.78 is 12.4. The Balaban J connectivity index is 1.34. The average Bonchev–Trinajstić information content (AvgIpc) is 3.48. The van der Waals surface area contributed by atoms with Crippen LogP contribution in [-0.4, -0.2) is 41.1 Å². The second-order valence-electron chi connectivity index (χ2n) is 7.31. The van der Waals surface area contributed by atoms with Gasteiger partial charge in [-0.2, -0.15) is 0 Å². The predicted molar refractivity (Wildman–Crippen MR) is 113 cm³/mol. The molecule has 0 spiro atoms. The zero-order valence-electron chi connectivity index (χ0n) is 16.9. The number of hydrogen-bond acceptors (Lipinski definition) is 4. The first kappa shape index (κ1) is 19.8. The van der Waals surface area contributed by atoms with Crippen molar-refractivity contribution in [2.45, 2.75) is 25.4 Å². The molecule has 1 aliphatic carbocycles. The highest BCUT2D eigenvalue weighted by Crippen LogP contribution is 2.29. The molecule has 6 heteroatoms. The summed E-state index contributed by atoms with van der Waals surface area (Å²) in [4.78, 5) is 26.9. The number of hydrogen-bond donors (Lipinski definition) is 0. The number of rotatable bonds is 8. The molecule has 0 aliphatic heterocycles. The molecule has 3 aromatic rings. The molecule has 0 radical (unpaired) electrons. The van der Waals surface area contributed by atoms with Gasteiger partial charge in [0, 0.05) is 30.7 Å². The molecule has 30 heavy (non-hydrogen) atoms. The first-order valence-electron chi connectivity index (χ1n) is 9.97. The van der Waals surface area contributed by atoms with Gasteiger partial charge in [-0.05, 0) is 66.9 Å². The number of methoxy groups -OCH3 is 1. The number of amides is 1. The molecule has 0 saturated heterocycles. The predicted octanol–water partition coefficient (Wildman–Crippen LogP) is 3.83. The minimum Gasteiger partial charge on any atom is -0.497 e. The summed E-state index contributed by atoms with van der Waals surface area (Å²) in [6.45, 7) is 0.238. The van der Waals surface area contributed by atoms with Crippen molar-refractivity contribution in [3.8, 4) is 11.4 Å². The fourth-order valence-corrected chi connectivity index (χ4v) is 3.30. The van der Waals surface area contributed by atoms with E-state index in [0.717, 1.165) is 29.8 Å². The van der Waals surface area contributed by atoms with Crippen LogP contribution in [0, 0.1) is 0 Å². The number of carbonyl (C=O) groups excluding carboxylic acids is 2. The van der Waals surface area contributed by atoms with Crippen LogP contribution in [0.2, 0.25) is 0 Å². The summed E-state index contributed by atoms with van der Waals surface area (Å²) in [5, 5.41) is 0. The molecule has 1 amide bonds. The number of esters is 1. The Morgan fingerprint density at radius 3 is 2.27 bits per heavy atom. The van der Waals surface area contributed by atoms with Crippen molar-refractivity contribution in [3.05, 3.63) is 84.2 Å². The van der Waals surface area contributed by atoms with Gasteiger partial charge in [-0.3, -0.25) is 4.79 Å². The second-order valence-corrected chi connectivity index (χ2v) is 7.31. The Morgan fingerprint density at radius 1 is 1.00 bits per heavy atom. The monoisotopic (exact) mass is 404 g/mol. The molecule has 0 N–H and O–H groups in total. The molecule has 0 atom stereocenters. The number of benzene rings is 2. The minimum absolute atomic E-state index is 0.175. The van der Waals surface area contributed by atoms with Gasteiger partial charge in [-0.1, -0.05) is 12.1 Å². The third-order valence-electron chi connectivity index (χ3n) is 5.15. The van der Waals surface area contributed by atoms with Gasteiger partial charge in [0.15, 0.2) is 6.61 Å². The van der Waals surface area contributed by atoms with Gasteiger partial charge >= 0.3 is 5.97 Å². The topological polar surface area (TPSA) is 60.8 Å². The van der Waals surface area contributed by atoms with E-state index in [4.69, 9.17) is 9.47 Å². The third-order valence-corrected chi connectivity index (χ3v) is 5.15. The lowest BCUT2D eigenvalue weighted by Crippen LogP contribution is -2.36. The van der Waals surface area contributed by atoms with Crippen LogP contribution >= 0.6 is 0 Å². The highest BCUT2D eigenvalue weighted by molar-refractivity contribution is 5.91. The quantitative estimate of drug-likeness (QED) is 0.536. The fourth-order valence-electron chi connectivity index (χ4n) is 3.30. The SMILES string of the molecule is COc1ccc(CN(C(=O)COC(=O)c2ccc(-n3cccc3)cc2)C2CC2)cc1. The number of nitrogens with zero attached hydrogens (tertiary/aromatic N) is 2.